The quantitative estimate of drug-likeness (QED) is 0.546. The van der Waals surface area contributed by atoms with Gasteiger partial charge in [0.15, 0.2) is 11.4 Å². The zero-order valence-electron chi connectivity index (χ0n) is 13.5. The van der Waals surface area contributed by atoms with Crippen molar-refractivity contribution in [1.29, 1.82) is 0 Å². The van der Waals surface area contributed by atoms with Gasteiger partial charge in [0, 0.05) is 5.02 Å². The Kier molecular flexibility index (Phi) is 7.09. The van der Waals surface area contributed by atoms with Gasteiger partial charge in [0.1, 0.15) is 23.8 Å². The number of nitrogens with zero attached hydrogens (tertiary/aromatic N) is 4. The average molecular weight is 434 g/mol. The van der Waals surface area contributed by atoms with E-state index in [4.69, 9.17) is 27.9 Å². The molecule has 1 N–H and O–H groups in total. The van der Waals surface area contributed by atoms with Crippen LogP contribution < -0.4 is 10.1 Å². The Morgan fingerprint density at radius 3 is 2.68 bits per heavy atom. The molecule has 0 unspecified atom stereocenters. The van der Waals surface area contributed by atoms with Crippen LogP contribution in [-0.4, -0.2) is 32.9 Å². The Morgan fingerprint density at radius 1 is 1.18 bits per heavy atom. The fourth-order valence-corrected chi connectivity index (χ4v) is 2.63. The fraction of sp³-hybridized carbons (Fsp3) is 0.235. The number of rotatable bonds is 6. The summed E-state index contributed by atoms with van der Waals surface area (Å²) in [4.78, 5) is 6.87. The Balaban J connectivity index is 0.00000280. The summed E-state index contributed by atoms with van der Waals surface area (Å²) in [5, 5.41) is 6.85. The molecule has 28 heavy (non-hydrogen) atoms. The van der Waals surface area contributed by atoms with Gasteiger partial charge in [-0.05, 0) is 18.2 Å². The molecule has 1 aromatic carbocycles. The number of aromatic nitrogens is 4. The number of alkyl halides is 3. The normalized spacial score (nSPS) is 11.0. The zero-order chi connectivity index (χ0) is 19.4. The summed E-state index contributed by atoms with van der Waals surface area (Å²) >= 11 is 11.6. The number of benzene rings is 1. The number of halogens is 5. The van der Waals surface area contributed by atoms with Crippen LogP contribution in [0.4, 0.5) is 19.0 Å². The highest BCUT2D eigenvalue weighted by molar-refractivity contribution is 6.33. The molecular formula is C17H16Cl2F3N5O. The van der Waals surface area contributed by atoms with Crippen LogP contribution in [0.25, 0.3) is 5.69 Å². The number of anilines is 1. The van der Waals surface area contributed by atoms with Crippen LogP contribution in [0, 0.1) is 0 Å². The van der Waals surface area contributed by atoms with E-state index in [1.165, 1.54) is 6.20 Å². The highest BCUT2D eigenvalue weighted by Crippen LogP contribution is 2.35. The number of nitrogens with one attached hydrogen (secondary N) is 1. The van der Waals surface area contributed by atoms with E-state index in [9.17, 15) is 13.2 Å². The summed E-state index contributed by atoms with van der Waals surface area (Å²) in [5.41, 5.74) is -0.423. The van der Waals surface area contributed by atoms with Gasteiger partial charge < -0.3 is 10.1 Å². The van der Waals surface area contributed by atoms with E-state index in [0.717, 1.165) is 12.0 Å². The molecule has 0 radical (unpaired) electrons. The molecule has 3 aromatic rings. The molecule has 0 spiro atoms. The van der Waals surface area contributed by atoms with Gasteiger partial charge in [-0.25, -0.2) is 14.6 Å². The standard InChI is InChI=1S/C16H12Cl2F3N5O.CH4/c17-10-2-1-3-11(6-10)26-8-12(7-25-26)27-5-4-22-15-13(18)14(16(19,20)21)23-9-24-15;/h1-3,6-9H,4-5H2,(H,22,23,24);1H4. The SMILES string of the molecule is C.FC(F)(F)c1ncnc(NCCOc2cnn(-c3cccc(Cl)c3)c2)c1Cl. The molecule has 0 saturated heterocycles. The second kappa shape index (κ2) is 9.11. The van der Waals surface area contributed by atoms with Crippen molar-refractivity contribution in [2.45, 2.75) is 13.6 Å². The lowest BCUT2D eigenvalue weighted by atomic mass is 10.3. The molecule has 0 amide bonds. The monoisotopic (exact) mass is 433 g/mol. The third kappa shape index (κ3) is 5.26. The van der Waals surface area contributed by atoms with Crippen LogP contribution in [-0.2, 0) is 6.18 Å². The topological polar surface area (TPSA) is 64.9 Å². The van der Waals surface area contributed by atoms with Gasteiger partial charge in [0.05, 0.1) is 24.6 Å². The van der Waals surface area contributed by atoms with Crippen LogP contribution in [0.1, 0.15) is 13.1 Å². The number of hydrogen-bond acceptors (Lipinski definition) is 5. The first-order valence-electron chi connectivity index (χ1n) is 7.59. The minimum Gasteiger partial charge on any atom is -0.488 e. The Morgan fingerprint density at radius 2 is 1.96 bits per heavy atom. The summed E-state index contributed by atoms with van der Waals surface area (Å²) in [6, 6.07) is 7.12. The second-order valence-corrected chi connectivity index (χ2v) is 6.07. The third-order valence-electron chi connectivity index (χ3n) is 3.35. The molecule has 0 aliphatic heterocycles. The predicted octanol–water partition coefficient (Wildman–Crippen LogP) is 5.11. The van der Waals surface area contributed by atoms with Crippen LogP contribution in [0.5, 0.6) is 5.75 Å². The van der Waals surface area contributed by atoms with E-state index in [0.29, 0.717) is 10.8 Å². The maximum atomic E-state index is 12.8. The number of ether oxygens (including phenoxy) is 1. The van der Waals surface area contributed by atoms with Crippen molar-refractivity contribution in [3.05, 3.63) is 58.7 Å². The molecule has 2 heterocycles. The summed E-state index contributed by atoms with van der Waals surface area (Å²) in [6.45, 7) is 0.333. The summed E-state index contributed by atoms with van der Waals surface area (Å²) < 4.78 is 45.4. The van der Waals surface area contributed by atoms with E-state index < -0.39 is 16.9 Å². The van der Waals surface area contributed by atoms with E-state index in [1.807, 2.05) is 6.07 Å². The second-order valence-electron chi connectivity index (χ2n) is 5.26. The predicted molar refractivity (Wildman–Crippen MR) is 101 cm³/mol. The van der Waals surface area contributed by atoms with Crippen LogP contribution >= 0.6 is 23.2 Å². The van der Waals surface area contributed by atoms with Crippen molar-refractivity contribution in [2.24, 2.45) is 0 Å². The summed E-state index contributed by atoms with van der Waals surface area (Å²) in [7, 11) is 0. The minimum absolute atomic E-state index is 0. The van der Waals surface area contributed by atoms with Crippen LogP contribution in [0.15, 0.2) is 43.0 Å². The Hall–Kier alpha value is -2.52. The van der Waals surface area contributed by atoms with Crippen molar-refractivity contribution >= 4 is 29.0 Å². The van der Waals surface area contributed by atoms with E-state index in [-0.39, 0.29) is 26.4 Å². The zero-order valence-corrected chi connectivity index (χ0v) is 15.1. The van der Waals surface area contributed by atoms with Gasteiger partial charge in [-0.1, -0.05) is 36.7 Å². The lowest BCUT2D eigenvalue weighted by molar-refractivity contribution is -0.141. The van der Waals surface area contributed by atoms with Gasteiger partial charge in [0.2, 0.25) is 0 Å². The molecule has 11 heteroatoms. The van der Waals surface area contributed by atoms with Crippen molar-refractivity contribution in [3.8, 4) is 11.4 Å². The van der Waals surface area contributed by atoms with Crippen LogP contribution in [0.3, 0.4) is 0 Å². The third-order valence-corrected chi connectivity index (χ3v) is 3.95. The van der Waals surface area contributed by atoms with Crippen molar-refractivity contribution < 1.29 is 17.9 Å². The molecular weight excluding hydrogens is 418 g/mol. The number of hydrogen-bond donors (Lipinski definition) is 1. The Bertz CT molecular complexity index is 933. The molecule has 0 atom stereocenters. The fourth-order valence-electron chi connectivity index (χ4n) is 2.17. The molecule has 150 valence electrons. The smallest absolute Gasteiger partial charge is 0.435 e. The van der Waals surface area contributed by atoms with Gasteiger partial charge in [-0.3, -0.25) is 0 Å². The minimum atomic E-state index is -4.65. The van der Waals surface area contributed by atoms with Crippen molar-refractivity contribution in [2.75, 3.05) is 18.5 Å². The molecule has 0 saturated carbocycles. The van der Waals surface area contributed by atoms with Crippen molar-refractivity contribution in [3.63, 3.8) is 0 Å². The highest BCUT2D eigenvalue weighted by Gasteiger charge is 2.36. The van der Waals surface area contributed by atoms with E-state index >= 15 is 0 Å². The first-order chi connectivity index (χ1) is 12.8. The molecule has 0 bridgehead atoms. The highest BCUT2D eigenvalue weighted by atomic mass is 35.5. The maximum absolute atomic E-state index is 12.8. The first-order valence-corrected chi connectivity index (χ1v) is 8.35. The largest absolute Gasteiger partial charge is 0.488 e. The summed E-state index contributed by atoms with van der Waals surface area (Å²) in [6.07, 6.45) is -0.680. The maximum Gasteiger partial charge on any atom is 0.435 e. The molecule has 2 aromatic heterocycles. The first kappa shape index (κ1) is 21.8. The van der Waals surface area contributed by atoms with Gasteiger partial charge in [-0.15, -0.1) is 0 Å². The van der Waals surface area contributed by atoms with Crippen molar-refractivity contribution in [1.82, 2.24) is 19.7 Å². The average Bonchev–Trinajstić information content (AvgIpc) is 3.08. The van der Waals surface area contributed by atoms with Crippen LogP contribution in [0.2, 0.25) is 10.0 Å². The molecule has 0 aliphatic carbocycles. The molecule has 3 rings (SSSR count). The molecule has 0 aliphatic rings. The Labute approximate surface area is 169 Å². The summed E-state index contributed by atoms with van der Waals surface area (Å²) in [5.74, 6) is 0.374. The van der Waals surface area contributed by atoms with E-state index in [2.05, 4.69) is 20.4 Å². The van der Waals surface area contributed by atoms with Gasteiger partial charge >= 0.3 is 6.18 Å². The lowest BCUT2D eigenvalue weighted by Crippen LogP contribution is -2.15. The van der Waals surface area contributed by atoms with Gasteiger partial charge in [0.25, 0.3) is 0 Å². The van der Waals surface area contributed by atoms with Gasteiger partial charge in [-0.2, -0.15) is 18.3 Å². The molecule has 0 fully saturated rings. The van der Waals surface area contributed by atoms with E-state index in [1.54, 1.807) is 29.1 Å². The molecule has 6 nitrogen and oxygen atoms in total. The lowest BCUT2D eigenvalue weighted by Gasteiger charge is -2.11.